The van der Waals surface area contributed by atoms with Crippen molar-refractivity contribution in [2.75, 3.05) is 13.6 Å². The van der Waals surface area contributed by atoms with Gasteiger partial charge in [0.15, 0.2) is 4.96 Å². The number of imidazole rings is 1. The van der Waals surface area contributed by atoms with E-state index in [0.29, 0.717) is 17.9 Å². The van der Waals surface area contributed by atoms with Gasteiger partial charge in [-0.2, -0.15) is 0 Å². The number of aromatic nitrogens is 2. The molecule has 0 spiro atoms. The number of nitrogens with zero attached hydrogens (tertiary/aromatic N) is 2. The summed E-state index contributed by atoms with van der Waals surface area (Å²) in [5, 5.41) is 25.4. The molecule has 3 N–H and O–H groups in total. The Morgan fingerprint density at radius 2 is 2.05 bits per heavy atom. The zero-order valence-electron chi connectivity index (χ0n) is 11.6. The molecular formula is C15H17N3O2S. The van der Waals surface area contributed by atoms with Gasteiger partial charge in [0.05, 0.1) is 17.5 Å². The van der Waals surface area contributed by atoms with E-state index in [1.165, 1.54) is 11.3 Å². The molecule has 2 unspecified atom stereocenters. The number of likely N-dealkylation sites (N-methyl/N-ethyl adjacent to an activating group) is 1. The van der Waals surface area contributed by atoms with Gasteiger partial charge in [-0.3, -0.25) is 4.40 Å². The van der Waals surface area contributed by atoms with Crippen LogP contribution in [0.2, 0.25) is 0 Å². The summed E-state index contributed by atoms with van der Waals surface area (Å²) in [6.07, 6.45) is -0.0288. The van der Waals surface area contributed by atoms with Gasteiger partial charge in [0.2, 0.25) is 0 Å². The van der Waals surface area contributed by atoms with Gasteiger partial charge in [0.1, 0.15) is 6.10 Å². The van der Waals surface area contributed by atoms with Crippen molar-refractivity contribution < 1.29 is 10.2 Å². The number of hydrogen-bond donors (Lipinski definition) is 3. The Morgan fingerprint density at radius 3 is 2.76 bits per heavy atom. The quantitative estimate of drug-likeness (QED) is 0.671. The van der Waals surface area contributed by atoms with E-state index in [1.54, 1.807) is 7.05 Å². The van der Waals surface area contributed by atoms with E-state index in [2.05, 4.69) is 10.3 Å². The Kier molecular flexibility index (Phi) is 4.03. The highest BCUT2D eigenvalue weighted by atomic mass is 32.1. The number of thiazole rings is 1. The molecule has 2 aromatic heterocycles. The first-order chi connectivity index (χ1) is 10.2. The molecule has 6 heteroatoms. The lowest BCUT2D eigenvalue weighted by molar-refractivity contribution is 0.0176. The van der Waals surface area contributed by atoms with Crippen molar-refractivity contribution >= 4 is 16.3 Å². The van der Waals surface area contributed by atoms with Gasteiger partial charge in [-0.25, -0.2) is 4.98 Å². The molecule has 110 valence electrons. The van der Waals surface area contributed by atoms with Crippen LogP contribution in [0.5, 0.6) is 0 Å². The summed E-state index contributed by atoms with van der Waals surface area (Å²) in [4.78, 5) is 5.40. The summed E-state index contributed by atoms with van der Waals surface area (Å²) in [6, 6.07) is 9.71. The number of fused-ring (bicyclic) bond motifs is 1. The lowest BCUT2D eigenvalue weighted by Gasteiger charge is -2.18. The molecule has 0 radical (unpaired) electrons. The predicted octanol–water partition coefficient (Wildman–Crippen LogP) is 1.68. The standard InChI is InChI=1S/C15H17N3O2S/c1-16-9-11(19)14(20)13-12(10-5-3-2-4-6-10)17-15-18(13)7-8-21-15/h2-8,11,14,16,19-20H,9H2,1H3. The summed E-state index contributed by atoms with van der Waals surface area (Å²) in [7, 11) is 1.74. The van der Waals surface area contributed by atoms with E-state index >= 15 is 0 Å². The zero-order chi connectivity index (χ0) is 14.8. The van der Waals surface area contributed by atoms with E-state index in [0.717, 1.165) is 10.5 Å². The first-order valence-electron chi connectivity index (χ1n) is 6.74. The fourth-order valence-corrected chi connectivity index (χ4v) is 3.12. The van der Waals surface area contributed by atoms with Gasteiger partial charge in [0.25, 0.3) is 0 Å². The maximum atomic E-state index is 10.5. The summed E-state index contributed by atoms with van der Waals surface area (Å²) >= 11 is 1.50. The Hall–Kier alpha value is -1.73. The highest BCUT2D eigenvalue weighted by Gasteiger charge is 2.26. The number of aliphatic hydroxyl groups excluding tert-OH is 2. The Balaban J connectivity index is 2.12. The van der Waals surface area contributed by atoms with Crippen molar-refractivity contribution in [2.45, 2.75) is 12.2 Å². The number of aliphatic hydroxyl groups is 2. The maximum Gasteiger partial charge on any atom is 0.194 e. The molecule has 3 rings (SSSR count). The first kappa shape index (κ1) is 14.2. The summed E-state index contributed by atoms with van der Waals surface area (Å²) in [5.41, 5.74) is 2.27. The van der Waals surface area contributed by atoms with E-state index < -0.39 is 12.2 Å². The van der Waals surface area contributed by atoms with Crippen LogP contribution in [-0.4, -0.2) is 39.3 Å². The molecule has 0 amide bonds. The highest BCUT2D eigenvalue weighted by molar-refractivity contribution is 7.15. The van der Waals surface area contributed by atoms with Crippen molar-refractivity contribution in [1.82, 2.24) is 14.7 Å². The van der Waals surface area contributed by atoms with Crippen molar-refractivity contribution in [3.05, 3.63) is 47.6 Å². The summed E-state index contributed by atoms with van der Waals surface area (Å²) < 4.78 is 1.84. The number of benzene rings is 1. The van der Waals surface area contributed by atoms with Crippen molar-refractivity contribution in [3.8, 4) is 11.3 Å². The average Bonchev–Trinajstić information content (AvgIpc) is 3.08. The smallest absolute Gasteiger partial charge is 0.194 e. The molecule has 0 aliphatic rings. The maximum absolute atomic E-state index is 10.5. The van der Waals surface area contributed by atoms with Crippen LogP contribution in [0, 0.1) is 0 Å². The zero-order valence-corrected chi connectivity index (χ0v) is 12.4. The minimum atomic E-state index is -1.00. The van der Waals surface area contributed by atoms with Gasteiger partial charge >= 0.3 is 0 Å². The Labute approximate surface area is 126 Å². The third-order valence-corrected chi connectivity index (χ3v) is 4.16. The molecule has 1 aromatic carbocycles. The van der Waals surface area contributed by atoms with Crippen LogP contribution in [0.25, 0.3) is 16.2 Å². The third kappa shape index (κ3) is 2.58. The van der Waals surface area contributed by atoms with Crippen molar-refractivity contribution in [2.24, 2.45) is 0 Å². The first-order valence-corrected chi connectivity index (χ1v) is 7.62. The van der Waals surface area contributed by atoms with Crippen LogP contribution in [0.3, 0.4) is 0 Å². The van der Waals surface area contributed by atoms with Crippen molar-refractivity contribution in [3.63, 3.8) is 0 Å². The predicted molar refractivity (Wildman–Crippen MR) is 83.4 cm³/mol. The van der Waals surface area contributed by atoms with E-state index in [1.807, 2.05) is 46.3 Å². The van der Waals surface area contributed by atoms with E-state index in [-0.39, 0.29) is 0 Å². The molecule has 0 saturated heterocycles. The fourth-order valence-electron chi connectivity index (χ4n) is 2.40. The highest BCUT2D eigenvalue weighted by Crippen LogP contribution is 2.32. The molecule has 0 saturated carbocycles. The average molecular weight is 303 g/mol. The molecule has 0 fully saturated rings. The number of hydrogen-bond acceptors (Lipinski definition) is 5. The van der Waals surface area contributed by atoms with E-state index in [9.17, 15) is 10.2 Å². The van der Waals surface area contributed by atoms with Crippen LogP contribution in [0.1, 0.15) is 11.8 Å². The number of nitrogens with one attached hydrogen (secondary N) is 1. The minimum Gasteiger partial charge on any atom is -0.389 e. The SMILES string of the molecule is CNCC(O)C(O)c1c(-c2ccccc2)nc2sccn12. The monoisotopic (exact) mass is 303 g/mol. The lowest BCUT2D eigenvalue weighted by atomic mass is 10.0. The van der Waals surface area contributed by atoms with Gasteiger partial charge in [-0.15, -0.1) is 11.3 Å². The third-order valence-electron chi connectivity index (χ3n) is 3.40. The summed E-state index contributed by atoms with van der Waals surface area (Å²) in [5.74, 6) is 0. The van der Waals surface area contributed by atoms with Crippen LogP contribution in [-0.2, 0) is 0 Å². The van der Waals surface area contributed by atoms with Crippen LogP contribution < -0.4 is 5.32 Å². The second kappa shape index (κ2) is 5.95. The molecule has 2 atom stereocenters. The van der Waals surface area contributed by atoms with Gasteiger partial charge in [0, 0.05) is 23.7 Å². The second-order valence-corrected chi connectivity index (χ2v) is 5.71. The van der Waals surface area contributed by atoms with Gasteiger partial charge < -0.3 is 15.5 Å². The molecule has 0 aliphatic carbocycles. The van der Waals surface area contributed by atoms with Crippen molar-refractivity contribution in [1.29, 1.82) is 0 Å². The molecule has 2 heterocycles. The van der Waals surface area contributed by atoms with Crippen LogP contribution >= 0.6 is 11.3 Å². The fraction of sp³-hybridized carbons (Fsp3) is 0.267. The second-order valence-electron chi connectivity index (χ2n) is 4.84. The summed E-state index contributed by atoms with van der Waals surface area (Å²) in [6.45, 7) is 0.312. The molecule has 21 heavy (non-hydrogen) atoms. The molecule has 0 aliphatic heterocycles. The van der Waals surface area contributed by atoms with Gasteiger partial charge in [-0.05, 0) is 7.05 Å². The lowest BCUT2D eigenvalue weighted by Crippen LogP contribution is -2.30. The number of rotatable bonds is 5. The topological polar surface area (TPSA) is 69.8 Å². The minimum absolute atomic E-state index is 0.312. The normalized spacial score (nSPS) is 14.4. The van der Waals surface area contributed by atoms with Crippen LogP contribution in [0.15, 0.2) is 41.9 Å². The Bertz CT molecular complexity index is 723. The Morgan fingerprint density at radius 1 is 1.29 bits per heavy atom. The van der Waals surface area contributed by atoms with Crippen LogP contribution in [0.4, 0.5) is 0 Å². The molecule has 0 bridgehead atoms. The molecule has 3 aromatic rings. The van der Waals surface area contributed by atoms with Gasteiger partial charge in [-0.1, -0.05) is 30.3 Å². The molecule has 5 nitrogen and oxygen atoms in total. The largest absolute Gasteiger partial charge is 0.389 e. The molecular weight excluding hydrogens is 286 g/mol. The van der Waals surface area contributed by atoms with E-state index in [4.69, 9.17) is 0 Å².